The average Bonchev–Trinajstić information content (AvgIpc) is 2.64. The van der Waals surface area contributed by atoms with E-state index in [1.807, 2.05) is 6.92 Å². The van der Waals surface area contributed by atoms with Crippen LogP contribution in [0.15, 0.2) is 0 Å². The lowest BCUT2D eigenvalue weighted by molar-refractivity contribution is -0.142. The molecule has 1 heterocycles. The van der Waals surface area contributed by atoms with E-state index in [4.69, 9.17) is 17.3 Å². The van der Waals surface area contributed by atoms with Crippen molar-refractivity contribution in [2.75, 3.05) is 19.6 Å². The third-order valence-corrected chi connectivity index (χ3v) is 4.10. The third kappa shape index (κ3) is 3.34. The first-order valence-corrected chi connectivity index (χ1v) is 7.24. The lowest BCUT2D eigenvalue weighted by atomic mass is 10.1. The molecule has 0 amide bonds. The van der Waals surface area contributed by atoms with Crippen molar-refractivity contribution in [3.05, 3.63) is 0 Å². The van der Waals surface area contributed by atoms with Crippen LogP contribution in [0.5, 0.6) is 0 Å². The largest absolute Gasteiger partial charge is 0.481 e. The van der Waals surface area contributed by atoms with E-state index in [9.17, 15) is 4.79 Å². The molecule has 0 saturated carbocycles. The highest BCUT2D eigenvalue weighted by Crippen LogP contribution is 2.21. The Morgan fingerprint density at radius 2 is 2.17 bits per heavy atom. The maximum Gasteiger partial charge on any atom is 0.308 e. The number of nitrogens with zero attached hydrogens (tertiary/aromatic N) is 2. The number of hydrogen-bond acceptors (Lipinski definition) is 2. The molecule has 0 bridgehead atoms. The predicted octanol–water partition coefficient (Wildman–Crippen LogP) is 2.19. The second-order valence-electron chi connectivity index (χ2n) is 4.89. The Labute approximate surface area is 115 Å². The van der Waals surface area contributed by atoms with Gasteiger partial charge in [0.25, 0.3) is 0 Å². The fourth-order valence-electron chi connectivity index (χ4n) is 2.44. The molecule has 0 radical (unpaired) electrons. The molecule has 0 aliphatic carbocycles. The molecule has 5 heteroatoms. The van der Waals surface area contributed by atoms with Crippen molar-refractivity contribution >= 4 is 23.3 Å². The summed E-state index contributed by atoms with van der Waals surface area (Å²) in [6, 6.07) is 0.448. The van der Waals surface area contributed by atoms with Crippen molar-refractivity contribution in [2.45, 2.75) is 46.1 Å². The standard InChI is InChI=1S/C13H24N2O2S/c1-4-7-15-11(6-3)9-14(13(15)18)8-10(5-2)12(16)17/h10-11H,4-9H2,1-3H3,(H,16,17). The zero-order valence-corrected chi connectivity index (χ0v) is 12.4. The maximum absolute atomic E-state index is 11.1. The van der Waals surface area contributed by atoms with Crippen LogP contribution in [0, 0.1) is 5.92 Å². The molecule has 4 nitrogen and oxygen atoms in total. The molecule has 1 aliphatic rings. The average molecular weight is 272 g/mol. The van der Waals surface area contributed by atoms with Crippen LogP contribution in [0.2, 0.25) is 0 Å². The molecule has 1 rings (SSSR count). The van der Waals surface area contributed by atoms with E-state index in [0.29, 0.717) is 19.0 Å². The monoisotopic (exact) mass is 272 g/mol. The Balaban J connectivity index is 2.68. The number of carboxylic acids is 1. The van der Waals surface area contributed by atoms with E-state index in [-0.39, 0.29) is 5.92 Å². The molecule has 1 N–H and O–H groups in total. The summed E-state index contributed by atoms with van der Waals surface area (Å²) in [5.74, 6) is -1.04. The van der Waals surface area contributed by atoms with Gasteiger partial charge in [-0.2, -0.15) is 0 Å². The van der Waals surface area contributed by atoms with E-state index < -0.39 is 5.97 Å². The van der Waals surface area contributed by atoms with Crippen molar-refractivity contribution in [1.82, 2.24) is 9.80 Å². The number of rotatable bonds is 7. The highest BCUT2D eigenvalue weighted by Gasteiger charge is 2.34. The van der Waals surface area contributed by atoms with Gasteiger partial charge in [0.05, 0.1) is 5.92 Å². The predicted molar refractivity (Wildman–Crippen MR) is 76.7 cm³/mol. The second-order valence-corrected chi connectivity index (χ2v) is 5.25. The van der Waals surface area contributed by atoms with Gasteiger partial charge in [0.15, 0.2) is 5.11 Å². The molecule has 1 aliphatic heterocycles. The minimum absolute atomic E-state index is 0.318. The number of carbonyl (C=O) groups is 1. The lowest BCUT2D eigenvalue weighted by Crippen LogP contribution is -2.37. The van der Waals surface area contributed by atoms with Crippen LogP contribution in [0.1, 0.15) is 40.0 Å². The number of carboxylic acid groups (broad SMARTS) is 1. The van der Waals surface area contributed by atoms with Crippen molar-refractivity contribution in [2.24, 2.45) is 5.92 Å². The molecule has 0 aromatic carbocycles. The van der Waals surface area contributed by atoms with Gasteiger partial charge in [-0.15, -0.1) is 0 Å². The minimum atomic E-state index is -0.720. The van der Waals surface area contributed by atoms with Crippen molar-refractivity contribution in [1.29, 1.82) is 0 Å². The van der Waals surface area contributed by atoms with Gasteiger partial charge in [-0.25, -0.2) is 0 Å². The van der Waals surface area contributed by atoms with Crippen LogP contribution in [0.3, 0.4) is 0 Å². The molecule has 0 aromatic heterocycles. The van der Waals surface area contributed by atoms with E-state index >= 15 is 0 Å². The highest BCUT2D eigenvalue weighted by atomic mass is 32.1. The molecule has 1 saturated heterocycles. The Morgan fingerprint density at radius 3 is 2.61 bits per heavy atom. The second kappa shape index (κ2) is 6.92. The first-order valence-electron chi connectivity index (χ1n) is 6.83. The summed E-state index contributed by atoms with van der Waals surface area (Å²) >= 11 is 5.48. The van der Waals surface area contributed by atoms with Crippen LogP contribution in [-0.2, 0) is 4.79 Å². The topological polar surface area (TPSA) is 43.8 Å². The van der Waals surface area contributed by atoms with Gasteiger partial charge in [-0.3, -0.25) is 4.79 Å². The van der Waals surface area contributed by atoms with E-state index in [2.05, 4.69) is 23.6 Å². The van der Waals surface area contributed by atoms with E-state index in [0.717, 1.165) is 31.0 Å². The lowest BCUT2D eigenvalue weighted by Gasteiger charge is -2.25. The Kier molecular flexibility index (Phi) is 5.85. The third-order valence-electron chi connectivity index (χ3n) is 3.61. The Bertz CT molecular complexity index is 309. The SMILES string of the molecule is CCCN1C(=S)N(CC(CC)C(=O)O)CC1CC. The summed E-state index contributed by atoms with van der Waals surface area (Å²) in [5.41, 5.74) is 0. The van der Waals surface area contributed by atoms with Gasteiger partial charge in [0, 0.05) is 25.7 Å². The highest BCUT2D eigenvalue weighted by molar-refractivity contribution is 7.80. The summed E-state index contributed by atoms with van der Waals surface area (Å²) in [6.45, 7) is 8.61. The molecule has 0 aromatic rings. The van der Waals surface area contributed by atoms with Crippen molar-refractivity contribution in [3.63, 3.8) is 0 Å². The fraction of sp³-hybridized carbons (Fsp3) is 0.846. The first-order chi connectivity index (χ1) is 8.54. The van der Waals surface area contributed by atoms with Crippen LogP contribution >= 0.6 is 12.2 Å². The number of thiocarbonyl (C=S) groups is 1. The van der Waals surface area contributed by atoms with Gasteiger partial charge in [0.2, 0.25) is 0 Å². The molecule has 18 heavy (non-hydrogen) atoms. The summed E-state index contributed by atoms with van der Waals surface area (Å²) < 4.78 is 0. The summed E-state index contributed by atoms with van der Waals surface area (Å²) in [6.07, 6.45) is 2.78. The van der Waals surface area contributed by atoms with E-state index in [1.165, 1.54) is 0 Å². The number of hydrogen-bond donors (Lipinski definition) is 1. The first kappa shape index (κ1) is 15.2. The quantitative estimate of drug-likeness (QED) is 0.720. The Hall–Kier alpha value is -0.840. The van der Waals surface area contributed by atoms with Crippen molar-refractivity contribution < 1.29 is 9.90 Å². The molecular formula is C13H24N2O2S. The normalized spacial score (nSPS) is 21.5. The molecular weight excluding hydrogens is 248 g/mol. The number of aliphatic carboxylic acids is 1. The summed E-state index contributed by atoms with van der Waals surface area (Å²) in [5, 5.41) is 9.97. The summed E-state index contributed by atoms with van der Waals surface area (Å²) in [4.78, 5) is 15.4. The van der Waals surface area contributed by atoms with Gasteiger partial charge in [-0.1, -0.05) is 20.8 Å². The molecule has 1 fully saturated rings. The fourth-order valence-corrected chi connectivity index (χ4v) is 2.83. The van der Waals surface area contributed by atoms with E-state index in [1.54, 1.807) is 0 Å². The van der Waals surface area contributed by atoms with Gasteiger partial charge in [0.1, 0.15) is 0 Å². The van der Waals surface area contributed by atoms with Crippen molar-refractivity contribution in [3.8, 4) is 0 Å². The van der Waals surface area contributed by atoms with Crippen LogP contribution in [0.4, 0.5) is 0 Å². The zero-order valence-electron chi connectivity index (χ0n) is 11.6. The van der Waals surface area contributed by atoms with Crippen LogP contribution in [-0.4, -0.2) is 51.7 Å². The molecule has 2 atom stereocenters. The Morgan fingerprint density at radius 1 is 1.50 bits per heavy atom. The maximum atomic E-state index is 11.1. The van der Waals surface area contributed by atoms with Crippen LogP contribution < -0.4 is 0 Å². The van der Waals surface area contributed by atoms with Gasteiger partial charge >= 0.3 is 5.97 Å². The molecule has 0 spiro atoms. The molecule has 104 valence electrons. The van der Waals surface area contributed by atoms with Gasteiger partial charge in [-0.05, 0) is 31.5 Å². The summed E-state index contributed by atoms with van der Waals surface area (Å²) in [7, 11) is 0. The van der Waals surface area contributed by atoms with Gasteiger partial charge < -0.3 is 14.9 Å². The molecule has 2 unspecified atom stereocenters. The minimum Gasteiger partial charge on any atom is -0.481 e. The zero-order chi connectivity index (χ0) is 13.7. The smallest absolute Gasteiger partial charge is 0.308 e. The van der Waals surface area contributed by atoms with Crippen LogP contribution in [0.25, 0.3) is 0 Å².